The number of hydrogen-bond acceptors (Lipinski definition) is 5. The smallest absolute Gasteiger partial charge is 0.271 e. The average molecular weight is 390 g/mol. The quantitative estimate of drug-likeness (QED) is 0.485. The van der Waals surface area contributed by atoms with Gasteiger partial charge in [-0.15, -0.1) is 0 Å². The maximum atomic E-state index is 13.0. The molecule has 0 bridgehead atoms. The summed E-state index contributed by atoms with van der Waals surface area (Å²) in [6.07, 6.45) is 1.46. The van der Waals surface area contributed by atoms with E-state index < -0.39 is 22.2 Å². The van der Waals surface area contributed by atoms with Crippen molar-refractivity contribution in [3.8, 4) is 0 Å². The molecule has 1 amide bonds. The summed E-state index contributed by atoms with van der Waals surface area (Å²) in [4.78, 5) is 49.8. The fourth-order valence-electron chi connectivity index (χ4n) is 3.25. The zero-order chi connectivity index (χ0) is 20.7. The molecule has 9 heteroatoms. The molecule has 0 fully saturated rings. The number of carbonyl (C=O) groups excluding carboxylic acids is 2. The van der Waals surface area contributed by atoms with E-state index in [0.717, 1.165) is 0 Å². The van der Waals surface area contributed by atoms with Crippen molar-refractivity contribution in [2.75, 3.05) is 11.9 Å². The molecule has 144 valence electrons. The number of para-hydroxylation sites is 1. The standard InChI is InChI=1S/C20H14N4O5/c1-23-15-5-3-2-4-13(15)18(25)16(20(23)27)17-14(19(26)22-21-17)10-11-6-8-12(9-7-11)24(28)29/h2-10,21H,1H3,(H,22,26). The second kappa shape index (κ2) is 6.71. The summed E-state index contributed by atoms with van der Waals surface area (Å²) >= 11 is 0. The van der Waals surface area contributed by atoms with Crippen LogP contribution in [-0.4, -0.2) is 33.9 Å². The Labute approximate surface area is 162 Å². The fraction of sp³-hybridized carbons (Fsp3) is 0.0500. The first-order chi connectivity index (χ1) is 13.9. The van der Waals surface area contributed by atoms with Crippen molar-refractivity contribution in [2.45, 2.75) is 0 Å². The number of non-ortho nitro benzene ring substituents is 1. The average Bonchev–Trinajstić information content (AvgIpc) is 3.07. The molecule has 0 aliphatic carbocycles. The number of carbonyl (C=O) groups is 2. The molecule has 1 aliphatic heterocycles. The number of ketones is 1. The van der Waals surface area contributed by atoms with Gasteiger partial charge in [0, 0.05) is 24.7 Å². The number of nitro benzene ring substituents is 1. The van der Waals surface area contributed by atoms with Crippen LogP contribution in [0.15, 0.2) is 53.3 Å². The van der Waals surface area contributed by atoms with Gasteiger partial charge in [0.2, 0.25) is 5.78 Å². The van der Waals surface area contributed by atoms with E-state index in [-0.39, 0.29) is 21.8 Å². The fourth-order valence-corrected chi connectivity index (χ4v) is 3.25. The monoisotopic (exact) mass is 390 g/mol. The molecule has 3 aromatic rings. The first-order valence-corrected chi connectivity index (χ1v) is 8.57. The third kappa shape index (κ3) is 2.94. The van der Waals surface area contributed by atoms with E-state index in [4.69, 9.17) is 0 Å². The van der Waals surface area contributed by atoms with Gasteiger partial charge in [-0.3, -0.25) is 34.7 Å². The Morgan fingerprint density at radius 3 is 2.38 bits per heavy atom. The van der Waals surface area contributed by atoms with E-state index in [1.54, 1.807) is 31.3 Å². The maximum Gasteiger partial charge on any atom is 0.271 e. The lowest BCUT2D eigenvalue weighted by molar-refractivity contribution is -0.384. The molecule has 2 heterocycles. The van der Waals surface area contributed by atoms with Crippen LogP contribution in [0.2, 0.25) is 0 Å². The van der Waals surface area contributed by atoms with Gasteiger partial charge in [0.15, 0.2) is 0 Å². The Bertz CT molecular complexity index is 1350. The molecular formula is C20H14N4O5. The van der Waals surface area contributed by atoms with Gasteiger partial charge in [0.25, 0.3) is 17.2 Å². The number of aromatic nitrogens is 2. The minimum absolute atomic E-state index is 0.0738. The molecule has 29 heavy (non-hydrogen) atoms. The second-order valence-electron chi connectivity index (χ2n) is 6.45. The molecule has 4 rings (SSSR count). The lowest BCUT2D eigenvalue weighted by Gasteiger charge is -2.25. The number of H-pyrrole nitrogens is 2. The number of aromatic amines is 2. The molecule has 0 radical (unpaired) electrons. The Hall–Kier alpha value is -4.27. The summed E-state index contributed by atoms with van der Waals surface area (Å²) in [5.74, 6) is -1.03. The minimum Gasteiger partial charge on any atom is -0.310 e. The molecule has 0 atom stereocenters. The number of anilines is 1. The Balaban J connectivity index is 1.97. The van der Waals surface area contributed by atoms with Crippen molar-refractivity contribution in [1.29, 1.82) is 0 Å². The van der Waals surface area contributed by atoms with Crippen molar-refractivity contribution in [3.05, 3.63) is 90.7 Å². The minimum atomic E-state index is -0.540. The summed E-state index contributed by atoms with van der Waals surface area (Å²) in [6, 6.07) is 12.3. The van der Waals surface area contributed by atoms with Crippen LogP contribution >= 0.6 is 0 Å². The highest BCUT2D eigenvalue weighted by Crippen LogP contribution is 2.28. The van der Waals surface area contributed by atoms with Crippen molar-refractivity contribution < 1.29 is 14.5 Å². The van der Waals surface area contributed by atoms with Gasteiger partial charge >= 0.3 is 0 Å². The first-order valence-electron chi connectivity index (χ1n) is 8.57. The summed E-state index contributed by atoms with van der Waals surface area (Å²) < 4.78 is 0. The highest BCUT2D eigenvalue weighted by atomic mass is 16.6. The van der Waals surface area contributed by atoms with Gasteiger partial charge in [-0.2, -0.15) is 0 Å². The van der Waals surface area contributed by atoms with E-state index >= 15 is 0 Å². The Kier molecular flexibility index (Phi) is 4.19. The van der Waals surface area contributed by atoms with Crippen LogP contribution in [0.5, 0.6) is 0 Å². The molecule has 0 saturated heterocycles. The van der Waals surface area contributed by atoms with Gasteiger partial charge in [0.1, 0.15) is 5.57 Å². The van der Waals surface area contributed by atoms with Crippen molar-refractivity contribution in [3.63, 3.8) is 0 Å². The number of rotatable bonds is 2. The lowest BCUT2D eigenvalue weighted by Crippen LogP contribution is -2.44. The van der Waals surface area contributed by atoms with E-state index in [2.05, 4.69) is 10.2 Å². The maximum absolute atomic E-state index is 13.0. The molecule has 9 nitrogen and oxygen atoms in total. The van der Waals surface area contributed by atoms with Crippen molar-refractivity contribution in [1.82, 2.24) is 10.2 Å². The van der Waals surface area contributed by atoms with Crippen LogP contribution in [0.3, 0.4) is 0 Å². The Morgan fingerprint density at radius 1 is 1.00 bits per heavy atom. The van der Waals surface area contributed by atoms with Crippen LogP contribution in [0, 0.1) is 10.1 Å². The number of fused-ring (bicyclic) bond motifs is 1. The van der Waals surface area contributed by atoms with Crippen LogP contribution in [0.1, 0.15) is 15.9 Å². The summed E-state index contributed by atoms with van der Waals surface area (Å²) in [7, 11) is 1.55. The van der Waals surface area contributed by atoms with Gasteiger partial charge in [-0.1, -0.05) is 12.1 Å². The zero-order valence-electron chi connectivity index (χ0n) is 15.1. The normalized spacial score (nSPS) is 16.2. The van der Waals surface area contributed by atoms with Crippen LogP contribution < -0.4 is 21.0 Å². The number of Topliss-reactive ketones (excluding diaryl/α,β-unsaturated/α-hetero) is 1. The van der Waals surface area contributed by atoms with Gasteiger partial charge in [0.05, 0.1) is 21.2 Å². The van der Waals surface area contributed by atoms with E-state index in [1.807, 2.05) is 0 Å². The van der Waals surface area contributed by atoms with E-state index in [0.29, 0.717) is 16.8 Å². The number of benzene rings is 2. The third-order valence-electron chi connectivity index (χ3n) is 4.74. The largest absolute Gasteiger partial charge is 0.310 e. The highest BCUT2D eigenvalue weighted by molar-refractivity contribution is 6.51. The summed E-state index contributed by atoms with van der Waals surface area (Å²) in [5, 5.41) is 16.0. The predicted molar refractivity (Wildman–Crippen MR) is 105 cm³/mol. The zero-order valence-corrected chi connectivity index (χ0v) is 15.1. The van der Waals surface area contributed by atoms with Crippen LogP contribution in [-0.2, 0) is 4.79 Å². The molecule has 2 aromatic carbocycles. The van der Waals surface area contributed by atoms with E-state index in [1.165, 1.54) is 35.2 Å². The first kappa shape index (κ1) is 18.1. The molecule has 0 unspecified atom stereocenters. The summed E-state index contributed by atoms with van der Waals surface area (Å²) in [5.41, 5.74) is 0.589. The van der Waals surface area contributed by atoms with Crippen molar-refractivity contribution >= 4 is 34.7 Å². The number of hydrogen-bond donors (Lipinski definition) is 2. The van der Waals surface area contributed by atoms with Crippen LogP contribution in [0.25, 0.3) is 11.6 Å². The lowest BCUT2D eigenvalue weighted by atomic mass is 9.95. The van der Waals surface area contributed by atoms with Gasteiger partial charge < -0.3 is 4.90 Å². The molecular weight excluding hydrogens is 376 g/mol. The predicted octanol–water partition coefficient (Wildman–Crippen LogP) is 0.450. The van der Waals surface area contributed by atoms with E-state index in [9.17, 15) is 24.5 Å². The Morgan fingerprint density at radius 2 is 1.69 bits per heavy atom. The molecule has 0 saturated carbocycles. The van der Waals surface area contributed by atoms with Crippen LogP contribution in [0.4, 0.5) is 11.4 Å². The number of amides is 1. The molecule has 1 aromatic heterocycles. The molecule has 1 aliphatic rings. The van der Waals surface area contributed by atoms with Gasteiger partial charge in [-0.25, -0.2) is 0 Å². The van der Waals surface area contributed by atoms with Gasteiger partial charge in [-0.05, 0) is 35.9 Å². The number of nitrogens with zero attached hydrogens (tertiary/aromatic N) is 2. The third-order valence-corrected chi connectivity index (χ3v) is 4.74. The summed E-state index contributed by atoms with van der Waals surface area (Å²) in [6.45, 7) is 0. The number of nitrogens with one attached hydrogen (secondary N) is 2. The molecule has 0 spiro atoms. The van der Waals surface area contributed by atoms with Crippen molar-refractivity contribution in [2.24, 2.45) is 0 Å². The SMILES string of the molecule is CN1C(=O)C(=c2[nH][nH]c(=O)c2=Cc2ccc([N+](=O)[O-])cc2)C(=O)c2ccccc21. The molecule has 2 N–H and O–H groups in total. The second-order valence-corrected chi connectivity index (χ2v) is 6.45. The topological polar surface area (TPSA) is 129 Å². The number of nitro groups is 1. The highest BCUT2D eigenvalue weighted by Gasteiger charge is 2.33.